The van der Waals surface area contributed by atoms with Gasteiger partial charge >= 0.3 is 0 Å². The Morgan fingerprint density at radius 2 is 1.77 bits per heavy atom. The number of ether oxygens (including phenoxy) is 2. The van der Waals surface area contributed by atoms with E-state index in [1.807, 2.05) is 19.1 Å². The Balaban J connectivity index is 1.70. The van der Waals surface area contributed by atoms with Crippen LogP contribution in [0.2, 0.25) is 0 Å². The molecule has 0 radical (unpaired) electrons. The molecule has 0 saturated carbocycles. The molecule has 1 aromatic rings. The fraction of sp³-hybridized carbons (Fsp3) is 0.407. The van der Waals surface area contributed by atoms with Gasteiger partial charge in [0.25, 0.3) is 0 Å². The molecule has 0 amide bonds. The van der Waals surface area contributed by atoms with Crippen LogP contribution in [0.1, 0.15) is 52.5 Å². The van der Waals surface area contributed by atoms with E-state index in [0.29, 0.717) is 5.92 Å². The molecule has 0 unspecified atom stereocenters. The van der Waals surface area contributed by atoms with Crippen molar-refractivity contribution in [1.29, 1.82) is 0 Å². The van der Waals surface area contributed by atoms with Crippen molar-refractivity contribution in [1.82, 2.24) is 5.32 Å². The van der Waals surface area contributed by atoms with Crippen LogP contribution >= 0.6 is 0 Å². The third kappa shape index (κ3) is 7.62. The van der Waals surface area contributed by atoms with E-state index in [4.69, 9.17) is 9.47 Å². The standard InChI is InChI=1S/C27H37NO2/c1-7-22(5)23(6)28-19-27(20(2)3)24-12-15-26(18-24)30-17-9-8-16-29-25-13-10-21(4)11-14-25/h7,10-15,19-20,28H,6,8-9,16-18H2,1-5H3/b22-7-,27-19?. The SMILES string of the molecule is C=C(NC=C(C1=CC=C(OCCCCOc2ccc(C)cc2)C1)C(C)C)/C(C)=C\C. The Labute approximate surface area is 182 Å². The Morgan fingerprint density at radius 1 is 1.10 bits per heavy atom. The molecule has 1 N–H and O–H groups in total. The fourth-order valence-corrected chi connectivity index (χ4v) is 3.11. The molecule has 3 heteroatoms. The molecule has 0 atom stereocenters. The van der Waals surface area contributed by atoms with E-state index in [2.05, 4.69) is 76.2 Å². The van der Waals surface area contributed by atoms with Crippen molar-refractivity contribution in [2.45, 2.75) is 53.9 Å². The van der Waals surface area contributed by atoms with Crippen LogP contribution < -0.4 is 10.1 Å². The van der Waals surface area contributed by atoms with Gasteiger partial charge in [-0.05, 0) is 74.5 Å². The summed E-state index contributed by atoms with van der Waals surface area (Å²) in [6.07, 6.45) is 11.2. The fourth-order valence-electron chi connectivity index (χ4n) is 3.11. The van der Waals surface area contributed by atoms with Crippen molar-refractivity contribution in [2.24, 2.45) is 5.92 Å². The molecule has 1 aliphatic rings. The van der Waals surface area contributed by atoms with Gasteiger partial charge in [-0.15, -0.1) is 0 Å². The zero-order valence-corrected chi connectivity index (χ0v) is 19.3. The second-order valence-electron chi connectivity index (χ2n) is 8.07. The van der Waals surface area contributed by atoms with Gasteiger partial charge < -0.3 is 14.8 Å². The molecule has 1 aliphatic carbocycles. The number of rotatable bonds is 12. The van der Waals surface area contributed by atoms with Gasteiger partial charge in [-0.2, -0.15) is 0 Å². The minimum Gasteiger partial charge on any atom is -0.498 e. The molecule has 30 heavy (non-hydrogen) atoms. The average Bonchev–Trinajstić information content (AvgIpc) is 3.19. The van der Waals surface area contributed by atoms with Crippen LogP contribution in [-0.2, 0) is 4.74 Å². The van der Waals surface area contributed by atoms with Crippen molar-refractivity contribution in [3.8, 4) is 5.75 Å². The van der Waals surface area contributed by atoms with Gasteiger partial charge in [0.15, 0.2) is 0 Å². The summed E-state index contributed by atoms with van der Waals surface area (Å²) < 4.78 is 11.8. The summed E-state index contributed by atoms with van der Waals surface area (Å²) in [4.78, 5) is 0. The molecule has 0 fully saturated rings. The number of nitrogens with one attached hydrogen (secondary N) is 1. The number of hydrogen-bond donors (Lipinski definition) is 1. The molecule has 0 aromatic heterocycles. The van der Waals surface area contributed by atoms with E-state index < -0.39 is 0 Å². The molecule has 0 aliphatic heterocycles. The van der Waals surface area contributed by atoms with Crippen molar-refractivity contribution in [3.05, 3.63) is 89.0 Å². The van der Waals surface area contributed by atoms with Crippen LogP contribution in [-0.4, -0.2) is 13.2 Å². The summed E-state index contributed by atoms with van der Waals surface area (Å²) in [5.74, 6) is 2.40. The van der Waals surface area contributed by atoms with Gasteiger partial charge in [-0.3, -0.25) is 0 Å². The van der Waals surface area contributed by atoms with Crippen molar-refractivity contribution in [2.75, 3.05) is 13.2 Å². The predicted octanol–water partition coefficient (Wildman–Crippen LogP) is 6.99. The van der Waals surface area contributed by atoms with E-state index in [1.54, 1.807) is 0 Å². The summed E-state index contributed by atoms with van der Waals surface area (Å²) in [6, 6.07) is 8.18. The maximum atomic E-state index is 5.99. The van der Waals surface area contributed by atoms with Crippen LogP contribution in [0.4, 0.5) is 0 Å². The molecule has 3 nitrogen and oxygen atoms in total. The number of aryl methyl sites for hydroxylation is 1. The van der Waals surface area contributed by atoms with Crippen LogP contribution in [0.15, 0.2) is 83.4 Å². The number of unbranched alkanes of at least 4 members (excludes halogenated alkanes) is 1. The predicted molar refractivity (Wildman–Crippen MR) is 127 cm³/mol. The van der Waals surface area contributed by atoms with Gasteiger partial charge in [-0.25, -0.2) is 0 Å². The van der Waals surface area contributed by atoms with E-state index >= 15 is 0 Å². The molecule has 0 heterocycles. The topological polar surface area (TPSA) is 30.5 Å². The lowest BCUT2D eigenvalue weighted by Gasteiger charge is -2.16. The lowest BCUT2D eigenvalue weighted by Crippen LogP contribution is -2.09. The van der Waals surface area contributed by atoms with Crippen molar-refractivity contribution in [3.63, 3.8) is 0 Å². The Bertz CT molecular complexity index is 823. The van der Waals surface area contributed by atoms with E-state index in [1.165, 1.54) is 16.7 Å². The molecule has 0 spiro atoms. The summed E-state index contributed by atoms with van der Waals surface area (Å²) in [5.41, 5.74) is 5.94. The number of allylic oxidation sites excluding steroid dienone is 6. The Morgan fingerprint density at radius 3 is 2.40 bits per heavy atom. The van der Waals surface area contributed by atoms with Crippen LogP contribution in [0.25, 0.3) is 0 Å². The normalized spacial score (nSPS) is 14.5. The zero-order valence-electron chi connectivity index (χ0n) is 19.3. The quantitative estimate of drug-likeness (QED) is 0.299. The van der Waals surface area contributed by atoms with Gasteiger partial charge in [0.05, 0.1) is 13.2 Å². The largest absolute Gasteiger partial charge is 0.498 e. The van der Waals surface area contributed by atoms with Crippen molar-refractivity contribution < 1.29 is 9.47 Å². The Hall–Kier alpha value is -2.68. The third-order valence-electron chi connectivity index (χ3n) is 5.25. The molecule has 2 rings (SSSR count). The first kappa shape index (κ1) is 23.6. The number of hydrogen-bond acceptors (Lipinski definition) is 3. The van der Waals surface area contributed by atoms with E-state index in [9.17, 15) is 0 Å². The van der Waals surface area contributed by atoms with Crippen LogP contribution in [0, 0.1) is 12.8 Å². The molecular weight excluding hydrogens is 370 g/mol. The lowest BCUT2D eigenvalue weighted by molar-refractivity contribution is 0.192. The monoisotopic (exact) mass is 407 g/mol. The first-order chi connectivity index (χ1) is 14.4. The maximum Gasteiger partial charge on any atom is 0.119 e. The van der Waals surface area contributed by atoms with Crippen molar-refractivity contribution >= 4 is 0 Å². The van der Waals surface area contributed by atoms with Crippen LogP contribution in [0.3, 0.4) is 0 Å². The second kappa shape index (κ2) is 12.1. The number of benzene rings is 1. The molecule has 0 saturated heterocycles. The summed E-state index contributed by atoms with van der Waals surface area (Å²) >= 11 is 0. The summed E-state index contributed by atoms with van der Waals surface area (Å²) in [7, 11) is 0. The molecule has 0 bridgehead atoms. The molecule has 162 valence electrons. The first-order valence-corrected chi connectivity index (χ1v) is 10.9. The highest BCUT2D eigenvalue weighted by Crippen LogP contribution is 2.30. The van der Waals surface area contributed by atoms with E-state index in [-0.39, 0.29) is 0 Å². The summed E-state index contributed by atoms with van der Waals surface area (Å²) in [6.45, 7) is 16.1. The first-order valence-electron chi connectivity index (χ1n) is 10.9. The van der Waals surface area contributed by atoms with Gasteiger partial charge in [0.2, 0.25) is 0 Å². The zero-order chi connectivity index (χ0) is 21.9. The highest BCUT2D eigenvalue weighted by atomic mass is 16.5. The highest BCUT2D eigenvalue weighted by molar-refractivity contribution is 5.43. The minimum absolute atomic E-state index is 0.425. The molecular formula is C27H37NO2. The molecule has 1 aromatic carbocycles. The lowest BCUT2D eigenvalue weighted by atomic mass is 9.95. The highest BCUT2D eigenvalue weighted by Gasteiger charge is 2.16. The van der Waals surface area contributed by atoms with E-state index in [0.717, 1.165) is 55.3 Å². The Kier molecular flexibility index (Phi) is 9.53. The van der Waals surface area contributed by atoms with Gasteiger partial charge in [-0.1, -0.05) is 50.3 Å². The maximum absolute atomic E-state index is 5.99. The van der Waals surface area contributed by atoms with Gasteiger partial charge in [0.1, 0.15) is 11.5 Å². The minimum atomic E-state index is 0.425. The van der Waals surface area contributed by atoms with Gasteiger partial charge in [0, 0.05) is 18.3 Å². The summed E-state index contributed by atoms with van der Waals surface area (Å²) in [5, 5.41) is 3.35. The second-order valence-corrected chi connectivity index (χ2v) is 8.07. The third-order valence-corrected chi connectivity index (χ3v) is 5.25. The van der Waals surface area contributed by atoms with Crippen LogP contribution in [0.5, 0.6) is 5.75 Å². The smallest absolute Gasteiger partial charge is 0.119 e. The average molecular weight is 408 g/mol.